The van der Waals surface area contributed by atoms with E-state index in [9.17, 15) is 4.39 Å². The topological polar surface area (TPSA) is 110 Å². The van der Waals surface area contributed by atoms with Crippen molar-refractivity contribution in [2.45, 2.75) is 13.8 Å². The molecule has 0 aliphatic heterocycles. The molecule has 170 valence electrons. The quantitative estimate of drug-likeness (QED) is 0.328. The van der Waals surface area contributed by atoms with Crippen molar-refractivity contribution in [3.05, 3.63) is 78.3 Å². The lowest BCUT2D eigenvalue weighted by atomic mass is 10.0. The van der Waals surface area contributed by atoms with Crippen LogP contribution in [0.3, 0.4) is 0 Å². The number of aromatic amines is 1. The smallest absolute Gasteiger partial charge is 0.134 e. The van der Waals surface area contributed by atoms with Gasteiger partial charge < -0.3 is 15.6 Å². The molecule has 0 fully saturated rings. The first kappa shape index (κ1) is 21.3. The molecule has 4 N–H and O–H groups in total. The van der Waals surface area contributed by atoms with E-state index in [1.807, 2.05) is 43.7 Å². The van der Waals surface area contributed by atoms with Gasteiger partial charge in [0.05, 0.1) is 34.5 Å². The van der Waals surface area contributed by atoms with E-state index in [1.54, 1.807) is 18.5 Å². The molecule has 0 saturated carbocycles. The van der Waals surface area contributed by atoms with Crippen LogP contribution in [0.25, 0.3) is 39.4 Å². The molecule has 0 spiro atoms. The van der Waals surface area contributed by atoms with Crippen LogP contribution >= 0.6 is 0 Å². The first-order chi connectivity index (χ1) is 16.3. The summed E-state index contributed by atoms with van der Waals surface area (Å²) in [6, 6.07) is 10.1. The van der Waals surface area contributed by atoms with Crippen LogP contribution in [0.1, 0.15) is 17.1 Å². The second-order valence-electron chi connectivity index (χ2n) is 8.12. The molecule has 9 heteroatoms. The summed E-state index contributed by atoms with van der Waals surface area (Å²) in [5, 5.41) is 10.8. The Kier molecular flexibility index (Phi) is 5.09. The molecule has 0 radical (unpaired) electrons. The van der Waals surface area contributed by atoms with Gasteiger partial charge in [0.1, 0.15) is 22.9 Å². The zero-order valence-corrected chi connectivity index (χ0v) is 19.0. The summed E-state index contributed by atoms with van der Waals surface area (Å²) in [6.45, 7) is 8.04. The molecule has 1 aromatic carbocycles. The highest BCUT2D eigenvalue weighted by Gasteiger charge is 2.16. The zero-order valence-electron chi connectivity index (χ0n) is 19.0. The van der Waals surface area contributed by atoms with Crippen molar-refractivity contribution < 1.29 is 4.39 Å². The Morgan fingerprint density at radius 1 is 1.15 bits per heavy atom. The largest absolute Gasteiger partial charge is 0.399 e. The molecule has 8 nitrogen and oxygen atoms in total. The number of rotatable bonds is 5. The molecule has 0 saturated heterocycles. The third-order valence-electron chi connectivity index (χ3n) is 5.86. The van der Waals surface area contributed by atoms with E-state index in [0.29, 0.717) is 33.9 Å². The van der Waals surface area contributed by atoms with Gasteiger partial charge in [-0.2, -0.15) is 5.10 Å². The molecule has 0 aliphatic rings. The van der Waals surface area contributed by atoms with Crippen molar-refractivity contribution in [1.82, 2.24) is 29.7 Å². The summed E-state index contributed by atoms with van der Waals surface area (Å²) in [6.07, 6.45) is 3.46. The number of anilines is 2. The van der Waals surface area contributed by atoms with Gasteiger partial charge in [-0.1, -0.05) is 6.58 Å². The monoisotopic (exact) mass is 454 g/mol. The van der Waals surface area contributed by atoms with Crippen LogP contribution in [0, 0.1) is 19.7 Å². The van der Waals surface area contributed by atoms with Crippen molar-refractivity contribution in [3.8, 4) is 22.6 Å². The first-order valence-electron chi connectivity index (χ1n) is 10.6. The minimum absolute atomic E-state index is 0.340. The number of aromatic nitrogens is 6. The van der Waals surface area contributed by atoms with Gasteiger partial charge in [-0.15, -0.1) is 0 Å². The Morgan fingerprint density at radius 2 is 1.97 bits per heavy atom. The van der Waals surface area contributed by atoms with Gasteiger partial charge in [-0.3, -0.25) is 10.1 Å². The molecule has 0 amide bonds. The molecule has 5 rings (SSSR count). The van der Waals surface area contributed by atoms with Gasteiger partial charge in [0.25, 0.3) is 0 Å². The highest BCUT2D eigenvalue weighted by atomic mass is 19.1. The molecule has 0 aliphatic carbocycles. The second-order valence-corrected chi connectivity index (χ2v) is 8.12. The van der Waals surface area contributed by atoms with Crippen LogP contribution in [-0.2, 0) is 7.05 Å². The van der Waals surface area contributed by atoms with Gasteiger partial charge in [0, 0.05) is 30.2 Å². The fourth-order valence-corrected chi connectivity index (χ4v) is 3.93. The molecule has 34 heavy (non-hydrogen) atoms. The maximum atomic E-state index is 13.9. The van der Waals surface area contributed by atoms with Crippen LogP contribution in [-0.4, -0.2) is 29.7 Å². The van der Waals surface area contributed by atoms with Gasteiger partial charge in [-0.05, 0) is 55.8 Å². The Morgan fingerprint density at radius 3 is 2.71 bits per heavy atom. The third kappa shape index (κ3) is 3.66. The van der Waals surface area contributed by atoms with Crippen molar-refractivity contribution in [1.29, 1.82) is 0 Å². The van der Waals surface area contributed by atoms with Gasteiger partial charge in [0.15, 0.2) is 0 Å². The SMILES string of the molecule is C=C(Nc1ccnc(-c2cc(N)cc(F)c2)c1C)c1n[nH]c2ccc(-c3cnc(C)n3C)nc12. The van der Waals surface area contributed by atoms with Crippen LogP contribution in [0.2, 0.25) is 0 Å². The Balaban J connectivity index is 1.50. The summed E-state index contributed by atoms with van der Waals surface area (Å²) < 4.78 is 15.9. The molecule has 4 aromatic heterocycles. The molecule has 0 unspecified atom stereocenters. The van der Waals surface area contributed by atoms with Crippen LogP contribution < -0.4 is 11.1 Å². The highest BCUT2D eigenvalue weighted by molar-refractivity contribution is 5.91. The average Bonchev–Trinajstić information content (AvgIpc) is 3.37. The van der Waals surface area contributed by atoms with Crippen molar-refractivity contribution >= 4 is 28.1 Å². The fourth-order valence-electron chi connectivity index (χ4n) is 3.93. The minimum atomic E-state index is -0.410. The number of fused-ring (bicyclic) bond motifs is 1. The highest BCUT2D eigenvalue weighted by Crippen LogP contribution is 2.31. The van der Waals surface area contributed by atoms with Crippen molar-refractivity contribution in [2.24, 2.45) is 7.05 Å². The molecule has 0 bridgehead atoms. The van der Waals surface area contributed by atoms with E-state index in [2.05, 4.69) is 32.1 Å². The number of benzene rings is 1. The summed E-state index contributed by atoms with van der Waals surface area (Å²) >= 11 is 0. The van der Waals surface area contributed by atoms with Gasteiger partial charge >= 0.3 is 0 Å². The number of pyridine rings is 2. The van der Waals surface area contributed by atoms with Gasteiger partial charge in [0.2, 0.25) is 0 Å². The number of H-pyrrole nitrogens is 1. The number of nitrogens with one attached hydrogen (secondary N) is 2. The number of nitrogen functional groups attached to an aromatic ring is 1. The number of aryl methyl sites for hydroxylation is 1. The summed E-state index contributed by atoms with van der Waals surface area (Å²) in [5.74, 6) is 0.492. The summed E-state index contributed by atoms with van der Waals surface area (Å²) in [4.78, 5) is 13.6. The van der Waals surface area contributed by atoms with Crippen molar-refractivity contribution in [3.63, 3.8) is 0 Å². The Bertz CT molecular complexity index is 1540. The lowest BCUT2D eigenvalue weighted by molar-refractivity contribution is 0.629. The van der Waals surface area contributed by atoms with E-state index in [0.717, 1.165) is 34.0 Å². The molecular formula is C25H23FN8. The van der Waals surface area contributed by atoms with E-state index < -0.39 is 5.82 Å². The lowest BCUT2D eigenvalue weighted by Crippen LogP contribution is -2.03. The van der Waals surface area contributed by atoms with E-state index in [4.69, 9.17) is 10.7 Å². The Hall–Kier alpha value is -4.53. The molecule has 5 aromatic rings. The molecule has 0 atom stereocenters. The predicted molar refractivity (Wildman–Crippen MR) is 132 cm³/mol. The molecular weight excluding hydrogens is 431 g/mol. The number of hydrogen-bond donors (Lipinski definition) is 3. The first-order valence-corrected chi connectivity index (χ1v) is 10.6. The van der Waals surface area contributed by atoms with E-state index >= 15 is 0 Å². The third-order valence-corrected chi connectivity index (χ3v) is 5.86. The van der Waals surface area contributed by atoms with Gasteiger partial charge in [-0.25, -0.2) is 14.4 Å². The average molecular weight is 455 g/mol. The number of nitrogens with zero attached hydrogens (tertiary/aromatic N) is 5. The Labute approximate surface area is 195 Å². The van der Waals surface area contributed by atoms with Crippen LogP contribution in [0.5, 0.6) is 0 Å². The zero-order chi connectivity index (χ0) is 24.0. The summed E-state index contributed by atoms with van der Waals surface area (Å²) in [5.41, 5.74) is 13.3. The maximum absolute atomic E-state index is 13.9. The number of halogens is 1. The lowest BCUT2D eigenvalue weighted by Gasteiger charge is -2.14. The maximum Gasteiger partial charge on any atom is 0.134 e. The fraction of sp³-hybridized carbons (Fsp3) is 0.120. The molecule has 4 heterocycles. The summed E-state index contributed by atoms with van der Waals surface area (Å²) in [7, 11) is 1.95. The second kappa shape index (κ2) is 8.11. The van der Waals surface area contributed by atoms with Crippen molar-refractivity contribution in [2.75, 3.05) is 11.1 Å². The normalized spacial score (nSPS) is 11.2. The van der Waals surface area contributed by atoms with E-state index in [-0.39, 0.29) is 0 Å². The number of nitrogens with two attached hydrogens (primary N) is 1. The predicted octanol–water partition coefficient (Wildman–Crippen LogP) is 4.84. The minimum Gasteiger partial charge on any atom is -0.399 e. The standard InChI is InChI=1S/C25H23FN8/c1-13-19(7-8-28-23(13)16-9-17(26)11-18(27)10-16)30-14(2)24-25-21(32-33-24)6-5-20(31-25)22-12-29-15(3)34(22)4/h5-12H,2,27H2,1,3-4H3,(H,28,30)(H,32,33). The number of imidazole rings is 1. The number of hydrogen-bond acceptors (Lipinski definition) is 6. The van der Waals surface area contributed by atoms with E-state index in [1.165, 1.54) is 12.1 Å². The van der Waals surface area contributed by atoms with Crippen LogP contribution in [0.15, 0.2) is 55.4 Å². The van der Waals surface area contributed by atoms with Crippen LogP contribution in [0.4, 0.5) is 15.8 Å².